The van der Waals surface area contributed by atoms with Gasteiger partial charge in [-0.3, -0.25) is 19.2 Å². The summed E-state index contributed by atoms with van der Waals surface area (Å²) < 4.78 is -0.536. The Hall–Kier alpha value is -0.720. The molecule has 0 unspecified atom stereocenters. The molecule has 0 aromatic heterocycles. The maximum Gasteiger partial charge on any atom is 0.313 e. The Balaban J connectivity index is 4.53. The van der Waals surface area contributed by atoms with E-state index in [1.54, 1.807) is 0 Å². The lowest BCUT2D eigenvalue weighted by molar-refractivity contribution is -0.135. The zero-order valence-electron chi connectivity index (χ0n) is 12.5. The zero-order valence-corrected chi connectivity index (χ0v) is 15.7. The second-order valence-electron chi connectivity index (χ2n) is 4.26. The van der Waals surface area contributed by atoms with Crippen molar-refractivity contribution < 1.29 is 39.6 Å². The average molecular weight is 419 g/mol. The second-order valence-corrected chi connectivity index (χ2v) is 9.62. The van der Waals surface area contributed by atoms with Crippen LogP contribution in [0.2, 0.25) is 0 Å². The first kappa shape index (κ1) is 23.3. The van der Waals surface area contributed by atoms with Crippen molar-refractivity contribution >= 4 is 70.9 Å². The van der Waals surface area contributed by atoms with Crippen LogP contribution in [0.1, 0.15) is 12.8 Å². The molecule has 4 N–H and O–H groups in total. The predicted octanol–water partition coefficient (Wildman–Crippen LogP) is 1.69. The molecular weight excluding hydrogens is 400 g/mol. The highest BCUT2D eigenvalue weighted by molar-refractivity contribution is 8.18. The van der Waals surface area contributed by atoms with Gasteiger partial charge in [0, 0.05) is 0 Å². The number of rotatable bonds is 15. The Bertz CT molecular complexity index is 369. The fraction of sp³-hybridized carbons (Fsp3) is 0.667. The van der Waals surface area contributed by atoms with Gasteiger partial charge in [-0.15, -0.1) is 47.0 Å². The molecule has 0 aliphatic heterocycles. The Kier molecular flexibility index (Phi) is 13.2. The van der Waals surface area contributed by atoms with Gasteiger partial charge in [0.2, 0.25) is 0 Å². The highest BCUT2D eigenvalue weighted by Gasteiger charge is 2.19. The van der Waals surface area contributed by atoms with Gasteiger partial charge in [0.15, 0.2) is 0 Å². The molecule has 0 spiro atoms. The highest BCUT2D eigenvalue weighted by atomic mass is 32.2. The Morgan fingerprint density at radius 1 is 0.542 bits per heavy atom. The van der Waals surface area contributed by atoms with E-state index in [9.17, 15) is 19.2 Å². The lowest BCUT2D eigenvalue weighted by Crippen LogP contribution is -2.13. The third kappa shape index (κ3) is 14.8. The number of carboxylic acids is 4. The van der Waals surface area contributed by atoms with Gasteiger partial charge in [-0.25, -0.2) is 0 Å². The normalized spacial score (nSPS) is 10.9. The molecule has 0 saturated heterocycles. The van der Waals surface area contributed by atoms with Crippen LogP contribution in [0.5, 0.6) is 0 Å². The lowest BCUT2D eigenvalue weighted by atomic mass is 10.4. The van der Waals surface area contributed by atoms with E-state index in [0.29, 0.717) is 12.8 Å². The topological polar surface area (TPSA) is 149 Å². The number of carboxylic acid groups (broad SMARTS) is 4. The predicted molar refractivity (Wildman–Crippen MR) is 97.2 cm³/mol. The van der Waals surface area contributed by atoms with Crippen LogP contribution < -0.4 is 0 Å². The molecule has 0 saturated carbocycles. The SMILES string of the molecule is O=C(O)CSC(CCC(SCC(=O)O)SCC(=O)O)SCC(=O)O. The molecule has 0 fully saturated rings. The Labute approximate surface area is 155 Å². The second kappa shape index (κ2) is 13.6. The summed E-state index contributed by atoms with van der Waals surface area (Å²) in [6.07, 6.45) is 0.916. The van der Waals surface area contributed by atoms with Crippen molar-refractivity contribution in [2.75, 3.05) is 23.0 Å². The molecule has 24 heavy (non-hydrogen) atoms. The van der Waals surface area contributed by atoms with Gasteiger partial charge in [-0.05, 0) is 12.8 Å². The molecule has 0 aromatic rings. The third-order valence-corrected chi connectivity index (χ3v) is 7.93. The van der Waals surface area contributed by atoms with Gasteiger partial charge in [-0.2, -0.15) is 0 Å². The molecule has 0 aromatic carbocycles. The summed E-state index contributed by atoms with van der Waals surface area (Å²) in [6.45, 7) is 0. The third-order valence-electron chi connectivity index (χ3n) is 2.21. The van der Waals surface area contributed by atoms with Gasteiger partial charge in [0.05, 0.1) is 32.2 Å². The quantitative estimate of drug-likeness (QED) is 0.287. The molecule has 0 atom stereocenters. The van der Waals surface area contributed by atoms with Crippen LogP contribution >= 0.6 is 47.0 Å². The minimum atomic E-state index is -1.00. The summed E-state index contributed by atoms with van der Waals surface area (Å²) in [5, 5.41) is 34.9. The first-order chi connectivity index (χ1) is 11.2. The minimum absolute atomic E-state index is 0.160. The van der Waals surface area contributed by atoms with Crippen LogP contribution in [0.25, 0.3) is 0 Å². The van der Waals surface area contributed by atoms with E-state index < -0.39 is 23.9 Å². The molecule has 138 valence electrons. The van der Waals surface area contributed by atoms with Crippen molar-refractivity contribution in [2.24, 2.45) is 0 Å². The fourth-order valence-electron chi connectivity index (χ4n) is 1.36. The lowest BCUT2D eigenvalue weighted by Gasteiger charge is -2.19. The molecular formula is C12H18O8S4. The zero-order chi connectivity index (χ0) is 18.5. The van der Waals surface area contributed by atoms with Crippen molar-refractivity contribution in [2.45, 2.75) is 22.0 Å². The first-order valence-electron chi connectivity index (χ1n) is 6.54. The van der Waals surface area contributed by atoms with Crippen LogP contribution in [-0.4, -0.2) is 76.5 Å². The molecule has 12 heteroatoms. The van der Waals surface area contributed by atoms with E-state index in [0.717, 1.165) is 47.0 Å². The Morgan fingerprint density at radius 3 is 0.917 bits per heavy atom. The number of hydrogen-bond acceptors (Lipinski definition) is 8. The van der Waals surface area contributed by atoms with Crippen molar-refractivity contribution in [3.63, 3.8) is 0 Å². The Morgan fingerprint density at radius 2 is 0.750 bits per heavy atom. The first-order valence-corrected chi connectivity index (χ1v) is 10.7. The summed E-state index contributed by atoms with van der Waals surface area (Å²) >= 11 is 4.45. The van der Waals surface area contributed by atoms with Crippen molar-refractivity contribution in [1.82, 2.24) is 0 Å². The van der Waals surface area contributed by atoms with Crippen molar-refractivity contribution in [3.05, 3.63) is 0 Å². The minimum Gasteiger partial charge on any atom is -0.481 e. The van der Waals surface area contributed by atoms with E-state index in [2.05, 4.69) is 0 Å². The van der Waals surface area contributed by atoms with E-state index in [4.69, 9.17) is 20.4 Å². The number of hydrogen-bond donors (Lipinski definition) is 4. The van der Waals surface area contributed by atoms with Gasteiger partial charge in [-0.1, -0.05) is 0 Å². The summed E-state index contributed by atoms with van der Waals surface area (Å²) in [5.41, 5.74) is 0. The summed E-state index contributed by atoms with van der Waals surface area (Å²) in [4.78, 5) is 42.6. The molecule has 0 radical (unpaired) electrons. The molecule has 0 rings (SSSR count). The van der Waals surface area contributed by atoms with Crippen molar-refractivity contribution in [1.29, 1.82) is 0 Å². The fourth-order valence-corrected chi connectivity index (χ4v) is 5.47. The van der Waals surface area contributed by atoms with Crippen LogP contribution in [0.4, 0.5) is 0 Å². The highest BCUT2D eigenvalue weighted by Crippen LogP contribution is 2.34. The summed E-state index contributed by atoms with van der Waals surface area (Å²) in [5.74, 6) is -4.65. The number of carbonyl (C=O) groups is 4. The van der Waals surface area contributed by atoms with Crippen LogP contribution in [-0.2, 0) is 19.2 Å². The maximum absolute atomic E-state index is 10.6. The molecule has 0 aliphatic rings. The van der Waals surface area contributed by atoms with E-state index in [1.165, 1.54) is 0 Å². The van der Waals surface area contributed by atoms with Crippen molar-refractivity contribution in [3.8, 4) is 0 Å². The van der Waals surface area contributed by atoms with Gasteiger partial charge >= 0.3 is 23.9 Å². The maximum atomic E-state index is 10.6. The largest absolute Gasteiger partial charge is 0.481 e. The molecule has 8 nitrogen and oxygen atoms in total. The number of aliphatic carboxylic acids is 4. The summed E-state index contributed by atoms with van der Waals surface area (Å²) in [7, 11) is 0. The standard InChI is InChI=1S/C12H18O8S4/c13-7(14)3-21-11(22-4-8(15)16)1-2-12(23-5-9(17)18)24-6-10(19)20/h11-12H,1-6H2,(H,13,14)(H,15,16)(H,17,18)(H,19,20). The van der Waals surface area contributed by atoms with Gasteiger partial charge < -0.3 is 20.4 Å². The summed E-state index contributed by atoms with van der Waals surface area (Å²) in [6, 6.07) is 0. The van der Waals surface area contributed by atoms with Gasteiger partial charge in [0.25, 0.3) is 0 Å². The average Bonchev–Trinajstić information content (AvgIpc) is 2.47. The van der Waals surface area contributed by atoms with Gasteiger partial charge in [0.1, 0.15) is 0 Å². The van der Waals surface area contributed by atoms with E-state index in [-0.39, 0.29) is 32.2 Å². The molecule has 0 bridgehead atoms. The van der Waals surface area contributed by atoms with E-state index in [1.807, 2.05) is 0 Å². The van der Waals surface area contributed by atoms with Crippen LogP contribution in [0.3, 0.4) is 0 Å². The van der Waals surface area contributed by atoms with E-state index >= 15 is 0 Å². The monoisotopic (exact) mass is 418 g/mol. The molecule has 0 aliphatic carbocycles. The molecule has 0 heterocycles. The van der Waals surface area contributed by atoms with Crippen LogP contribution in [0.15, 0.2) is 0 Å². The number of thioether (sulfide) groups is 4. The molecule has 0 amide bonds. The van der Waals surface area contributed by atoms with Crippen LogP contribution in [0, 0.1) is 0 Å². The smallest absolute Gasteiger partial charge is 0.313 e.